The predicted octanol–water partition coefficient (Wildman–Crippen LogP) is 2.86. The smallest absolute Gasteiger partial charge is 0.238 e. The van der Waals surface area contributed by atoms with E-state index in [-0.39, 0.29) is 23.7 Å². The lowest BCUT2D eigenvalue weighted by molar-refractivity contribution is -0.122. The number of rotatable bonds is 2. The van der Waals surface area contributed by atoms with Crippen LogP contribution in [0.1, 0.15) is 12.8 Å². The minimum Gasteiger partial charge on any atom is -0.348 e. The van der Waals surface area contributed by atoms with Crippen LogP contribution in [0.4, 0.5) is 5.69 Å². The molecule has 1 fully saturated rings. The number of amides is 2. The third-order valence-corrected chi connectivity index (χ3v) is 4.80. The molecule has 1 aromatic rings. The fraction of sp³-hybridized carbons (Fsp3) is 0.263. The molecule has 3 aliphatic rings. The zero-order chi connectivity index (χ0) is 15.8. The van der Waals surface area contributed by atoms with Gasteiger partial charge in [0.2, 0.25) is 11.8 Å². The fourth-order valence-electron chi connectivity index (χ4n) is 3.60. The SMILES string of the molecule is O=C1C2CC=C(N3C=CC=CC3)CC2C(=O)N1c1ccccc1. The van der Waals surface area contributed by atoms with E-state index in [0.717, 1.165) is 12.2 Å². The highest BCUT2D eigenvalue weighted by atomic mass is 16.2. The number of para-hydroxylation sites is 1. The maximum absolute atomic E-state index is 12.8. The molecular weight excluding hydrogens is 288 g/mol. The van der Waals surface area contributed by atoms with Crippen LogP contribution >= 0.6 is 0 Å². The number of benzene rings is 1. The van der Waals surface area contributed by atoms with Crippen molar-refractivity contribution in [3.63, 3.8) is 0 Å². The van der Waals surface area contributed by atoms with E-state index in [1.807, 2.05) is 48.7 Å². The Balaban J connectivity index is 1.59. The van der Waals surface area contributed by atoms with Crippen molar-refractivity contribution in [1.29, 1.82) is 0 Å². The van der Waals surface area contributed by atoms with Crippen molar-refractivity contribution in [2.45, 2.75) is 12.8 Å². The highest BCUT2D eigenvalue weighted by Crippen LogP contribution is 2.40. The summed E-state index contributed by atoms with van der Waals surface area (Å²) in [6, 6.07) is 9.23. The van der Waals surface area contributed by atoms with E-state index in [1.54, 1.807) is 0 Å². The van der Waals surface area contributed by atoms with Crippen LogP contribution in [0, 0.1) is 11.8 Å². The highest BCUT2D eigenvalue weighted by molar-refractivity contribution is 6.22. The molecule has 2 aliphatic heterocycles. The number of imide groups is 1. The zero-order valence-corrected chi connectivity index (χ0v) is 12.8. The van der Waals surface area contributed by atoms with Crippen LogP contribution in [0.15, 0.2) is 66.5 Å². The van der Waals surface area contributed by atoms with Crippen molar-refractivity contribution < 1.29 is 9.59 Å². The molecule has 2 unspecified atom stereocenters. The number of fused-ring (bicyclic) bond motifs is 1. The van der Waals surface area contributed by atoms with Gasteiger partial charge in [-0.3, -0.25) is 14.5 Å². The predicted molar refractivity (Wildman–Crippen MR) is 88.2 cm³/mol. The molecule has 2 amide bonds. The second-order valence-electron chi connectivity index (χ2n) is 6.12. The Morgan fingerprint density at radius 3 is 2.48 bits per heavy atom. The van der Waals surface area contributed by atoms with Crippen molar-refractivity contribution in [2.24, 2.45) is 11.8 Å². The third-order valence-electron chi connectivity index (χ3n) is 4.80. The Kier molecular flexibility index (Phi) is 3.37. The lowest BCUT2D eigenvalue weighted by atomic mass is 9.83. The van der Waals surface area contributed by atoms with Gasteiger partial charge in [-0.15, -0.1) is 0 Å². The Bertz CT molecular complexity index is 733. The van der Waals surface area contributed by atoms with Gasteiger partial charge < -0.3 is 4.90 Å². The van der Waals surface area contributed by atoms with E-state index in [0.29, 0.717) is 18.5 Å². The summed E-state index contributed by atoms with van der Waals surface area (Å²) >= 11 is 0. The summed E-state index contributed by atoms with van der Waals surface area (Å²) in [5.41, 5.74) is 1.82. The van der Waals surface area contributed by atoms with Crippen molar-refractivity contribution in [2.75, 3.05) is 11.4 Å². The van der Waals surface area contributed by atoms with Crippen LogP contribution < -0.4 is 4.90 Å². The van der Waals surface area contributed by atoms with E-state index < -0.39 is 0 Å². The van der Waals surface area contributed by atoms with Crippen molar-refractivity contribution in [3.05, 3.63) is 66.5 Å². The Morgan fingerprint density at radius 2 is 1.74 bits per heavy atom. The van der Waals surface area contributed by atoms with E-state index in [9.17, 15) is 9.59 Å². The lowest BCUT2D eigenvalue weighted by Crippen LogP contribution is -2.31. The van der Waals surface area contributed by atoms with Crippen molar-refractivity contribution in [3.8, 4) is 0 Å². The number of carbonyl (C=O) groups is 2. The molecule has 2 atom stereocenters. The first-order valence-corrected chi connectivity index (χ1v) is 7.97. The summed E-state index contributed by atoms with van der Waals surface area (Å²) in [6.07, 6.45) is 11.5. The van der Waals surface area contributed by atoms with Gasteiger partial charge in [0.05, 0.1) is 17.5 Å². The second-order valence-corrected chi connectivity index (χ2v) is 6.12. The minimum absolute atomic E-state index is 0.0596. The highest BCUT2D eigenvalue weighted by Gasteiger charge is 2.49. The molecule has 0 saturated carbocycles. The van der Waals surface area contributed by atoms with Gasteiger partial charge in [0.25, 0.3) is 0 Å². The molecule has 0 N–H and O–H groups in total. The van der Waals surface area contributed by atoms with Crippen molar-refractivity contribution >= 4 is 17.5 Å². The van der Waals surface area contributed by atoms with Gasteiger partial charge >= 0.3 is 0 Å². The standard InChI is InChI=1S/C19H18N2O2/c22-18-16-10-9-15(20-11-5-2-6-12-20)13-17(16)19(23)21(18)14-7-3-1-4-8-14/h1-9,11,16-17H,10,12-13H2. The molecule has 1 aliphatic carbocycles. The molecule has 0 radical (unpaired) electrons. The number of carbonyl (C=O) groups excluding carboxylic acids is 2. The average molecular weight is 306 g/mol. The number of hydrogen-bond acceptors (Lipinski definition) is 3. The summed E-state index contributed by atoms with van der Waals surface area (Å²) < 4.78 is 0. The number of nitrogens with zero attached hydrogens (tertiary/aromatic N) is 2. The molecule has 4 heteroatoms. The van der Waals surface area contributed by atoms with E-state index >= 15 is 0 Å². The van der Waals surface area contributed by atoms with Crippen LogP contribution in [-0.4, -0.2) is 23.3 Å². The summed E-state index contributed by atoms with van der Waals surface area (Å²) in [4.78, 5) is 29.0. The Hall–Kier alpha value is -2.62. The summed E-state index contributed by atoms with van der Waals surface area (Å²) in [5, 5.41) is 0. The summed E-state index contributed by atoms with van der Waals surface area (Å²) in [7, 11) is 0. The second kappa shape index (κ2) is 5.54. The number of anilines is 1. The van der Waals surface area contributed by atoms with Crippen LogP contribution in [0.25, 0.3) is 0 Å². The van der Waals surface area contributed by atoms with E-state index in [1.165, 1.54) is 4.90 Å². The molecule has 23 heavy (non-hydrogen) atoms. The van der Waals surface area contributed by atoms with Gasteiger partial charge in [0.15, 0.2) is 0 Å². The van der Waals surface area contributed by atoms with Gasteiger partial charge in [0, 0.05) is 18.4 Å². The maximum atomic E-state index is 12.8. The van der Waals surface area contributed by atoms with Gasteiger partial charge in [-0.1, -0.05) is 36.4 Å². The first kappa shape index (κ1) is 14.0. The molecule has 4 rings (SSSR count). The van der Waals surface area contributed by atoms with E-state index in [4.69, 9.17) is 0 Å². The number of hydrogen-bond donors (Lipinski definition) is 0. The molecular formula is C19H18N2O2. The Labute approximate surface area is 135 Å². The van der Waals surface area contributed by atoms with Crippen LogP contribution in [0.2, 0.25) is 0 Å². The maximum Gasteiger partial charge on any atom is 0.238 e. The first-order valence-electron chi connectivity index (χ1n) is 7.97. The third kappa shape index (κ3) is 2.31. The largest absolute Gasteiger partial charge is 0.348 e. The molecule has 4 nitrogen and oxygen atoms in total. The summed E-state index contributed by atoms with van der Waals surface area (Å²) in [5.74, 6) is -0.568. The molecule has 0 spiro atoms. The molecule has 0 bridgehead atoms. The molecule has 1 aromatic carbocycles. The number of allylic oxidation sites excluding steroid dienone is 4. The van der Waals surface area contributed by atoms with Gasteiger partial charge in [-0.25, -0.2) is 0 Å². The fourth-order valence-corrected chi connectivity index (χ4v) is 3.60. The minimum atomic E-state index is -0.234. The van der Waals surface area contributed by atoms with Gasteiger partial charge in [-0.05, 0) is 31.1 Å². The zero-order valence-electron chi connectivity index (χ0n) is 12.8. The average Bonchev–Trinajstić information content (AvgIpc) is 2.87. The first-order chi connectivity index (χ1) is 11.3. The van der Waals surface area contributed by atoms with E-state index in [2.05, 4.69) is 17.1 Å². The molecule has 116 valence electrons. The Morgan fingerprint density at radius 1 is 0.957 bits per heavy atom. The topological polar surface area (TPSA) is 40.6 Å². The summed E-state index contributed by atoms with van der Waals surface area (Å²) in [6.45, 7) is 0.824. The van der Waals surface area contributed by atoms with Crippen molar-refractivity contribution in [1.82, 2.24) is 4.90 Å². The van der Waals surface area contributed by atoms with Crippen LogP contribution in [0.3, 0.4) is 0 Å². The molecule has 1 saturated heterocycles. The molecule has 2 heterocycles. The normalized spacial score (nSPS) is 26.5. The quantitative estimate of drug-likeness (QED) is 0.789. The molecule has 0 aromatic heterocycles. The monoisotopic (exact) mass is 306 g/mol. The van der Waals surface area contributed by atoms with Gasteiger partial charge in [0.1, 0.15) is 0 Å². The van der Waals surface area contributed by atoms with Crippen LogP contribution in [-0.2, 0) is 9.59 Å². The van der Waals surface area contributed by atoms with Crippen LogP contribution in [0.5, 0.6) is 0 Å². The lowest BCUT2D eigenvalue weighted by Gasteiger charge is -2.30. The van der Waals surface area contributed by atoms with Gasteiger partial charge in [-0.2, -0.15) is 0 Å².